The van der Waals surface area contributed by atoms with Crippen molar-refractivity contribution in [3.05, 3.63) is 21.9 Å². The van der Waals surface area contributed by atoms with Crippen LogP contribution in [0, 0.1) is 0 Å². The van der Waals surface area contributed by atoms with E-state index >= 15 is 0 Å². The number of alkyl halides is 3. The van der Waals surface area contributed by atoms with Crippen LogP contribution in [0.25, 0.3) is 0 Å². The molecule has 62 valence electrons. The van der Waals surface area contributed by atoms with Crippen LogP contribution in [-0.2, 0) is 11.9 Å². The summed E-state index contributed by atoms with van der Waals surface area (Å²) in [6.45, 7) is 0. The van der Waals surface area contributed by atoms with Gasteiger partial charge < -0.3 is 0 Å². The van der Waals surface area contributed by atoms with E-state index in [0.717, 1.165) is 6.07 Å². The monoisotopic (exact) mass is 198 g/mol. The highest BCUT2D eigenvalue weighted by Gasteiger charge is 2.32. The predicted molar refractivity (Wildman–Crippen MR) is 42.0 cm³/mol. The standard InChI is InChI=1S/C6H5F3S2/c7-6(8,9)5-1-4(2-10)3-11-5/h1,3,10H,2H2. The van der Waals surface area contributed by atoms with E-state index in [2.05, 4.69) is 12.6 Å². The van der Waals surface area contributed by atoms with Crippen molar-refractivity contribution in [1.29, 1.82) is 0 Å². The molecule has 1 aromatic rings. The van der Waals surface area contributed by atoms with Crippen LogP contribution in [0.15, 0.2) is 11.4 Å². The largest absolute Gasteiger partial charge is 0.425 e. The van der Waals surface area contributed by atoms with Gasteiger partial charge in [-0.05, 0) is 17.0 Å². The second kappa shape index (κ2) is 3.06. The molecule has 0 amide bonds. The van der Waals surface area contributed by atoms with Crippen LogP contribution in [0.4, 0.5) is 13.2 Å². The molecular formula is C6H5F3S2. The fourth-order valence-corrected chi connectivity index (χ4v) is 1.70. The van der Waals surface area contributed by atoms with Gasteiger partial charge in [-0.2, -0.15) is 25.8 Å². The minimum atomic E-state index is -4.20. The van der Waals surface area contributed by atoms with Gasteiger partial charge in [0.25, 0.3) is 0 Å². The summed E-state index contributed by atoms with van der Waals surface area (Å²) < 4.78 is 35.8. The van der Waals surface area contributed by atoms with Crippen molar-refractivity contribution in [2.24, 2.45) is 0 Å². The van der Waals surface area contributed by atoms with Crippen LogP contribution in [0.3, 0.4) is 0 Å². The van der Waals surface area contributed by atoms with Gasteiger partial charge in [-0.1, -0.05) is 0 Å². The number of thiophene rings is 1. The van der Waals surface area contributed by atoms with Crippen molar-refractivity contribution in [1.82, 2.24) is 0 Å². The number of halogens is 3. The van der Waals surface area contributed by atoms with Gasteiger partial charge in [-0.25, -0.2) is 0 Å². The van der Waals surface area contributed by atoms with Crippen molar-refractivity contribution in [3.63, 3.8) is 0 Å². The normalized spacial score (nSPS) is 12.0. The summed E-state index contributed by atoms with van der Waals surface area (Å²) in [5, 5.41) is 1.47. The number of rotatable bonds is 1. The minimum absolute atomic E-state index is 0.354. The molecule has 0 aliphatic rings. The van der Waals surface area contributed by atoms with Crippen molar-refractivity contribution in [2.75, 3.05) is 0 Å². The summed E-state index contributed by atoms with van der Waals surface area (Å²) in [6.07, 6.45) is -4.20. The molecule has 0 aliphatic heterocycles. The van der Waals surface area contributed by atoms with Gasteiger partial charge in [0.2, 0.25) is 0 Å². The van der Waals surface area contributed by atoms with E-state index in [-0.39, 0.29) is 0 Å². The van der Waals surface area contributed by atoms with E-state index in [1.165, 1.54) is 5.38 Å². The molecule has 0 saturated carbocycles. The van der Waals surface area contributed by atoms with E-state index in [4.69, 9.17) is 0 Å². The lowest BCUT2D eigenvalue weighted by molar-refractivity contribution is -0.134. The summed E-state index contributed by atoms with van der Waals surface area (Å²) in [5.74, 6) is 0.354. The lowest BCUT2D eigenvalue weighted by Gasteiger charge is -1.99. The Morgan fingerprint density at radius 1 is 1.45 bits per heavy atom. The van der Waals surface area contributed by atoms with E-state index < -0.39 is 11.1 Å². The quantitative estimate of drug-likeness (QED) is 0.658. The van der Waals surface area contributed by atoms with Crippen LogP contribution >= 0.6 is 24.0 Å². The zero-order chi connectivity index (χ0) is 8.48. The second-order valence-corrected chi connectivity index (χ2v) is 3.20. The van der Waals surface area contributed by atoms with E-state index in [0.29, 0.717) is 22.7 Å². The average Bonchev–Trinajstić information content (AvgIpc) is 2.32. The molecule has 0 saturated heterocycles. The highest BCUT2D eigenvalue weighted by Crippen LogP contribution is 2.34. The first-order valence-electron chi connectivity index (χ1n) is 2.79. The van der Waals surface area contributed by atoms with Crippen molar-refractivity contribution in [2.45, 2.75) is 11.9 Å². The van der Waals surface area contributed by atoms with Crippen LogP contribution < -0.4 is 0 Å². The van der Waals surface area contributed by atoms with Gasteiger partial charge in [-0.15, -0.1) is 11.3 Å². The predicted octanol–water partition coefficient (Wildman–Crippen LogP) is 3.20. The molecule has 1 rings (SSSR count). The summed E-state index contributed by atoms with van der Waals surface area (Å²) in [6, 6.07) is 1.12. The van der Waals surface area contributed by atoms with Gasteiger partial charge >= 0.3 is 6.18 Å². The molecule has 11 heavy (non-hydrogen) atoms. The first-order valence-corrected chi connectivity index (χ1v) is 4.30. The highest BCUT2D eigenvalue weighted by molar-refractivity contribution is 7.79. The summed E-state index contributed by atoms with van der Waals surface area (Å²) in [7, 11) is 0. The van der Waals surface area contributed by atoms with Gasteiger partial charge in [0, 0.05) is 5.75 Å². The average molecular weight is 198 g/mol. The Morgan fingerprint density at radius 2 is 2.09 bits per heavy atom. The molecule has 0 atom stereocenters. The molecule has 0 fully saturated rings. The molecule has 0 radical (unpaired) electrons. The summed E-state index contributed by atoms with van der Waals surface area (Å²) in [5.41, 5.74) is 0.616. The number of hydrogen-bond donors (Lipinski definition) is 1. The third-order valence-electron chi connectivity index (χ3n) is 1.12. The molecule has 0 aromatic carbocycles. The first-order chi connectivity index (χ1) is 5.04. The van der Waals surface area contributed by atoms with Crippen LogP contribution in [0.2, 0.25) is 0 Å². The topological polar surface area (TPSA) is 0 Å². The molecule has 0 bridgehead atoms. The SMILES string of the molecule is FC(F)(F)c1cc(CS)cs1. The van der Waals surface area contributed by atoms with Gasteiger partial charge in [0.05, 0.1) is 0 Å². The molecule has 0 aliphatic carbocycles. The molecule has 0 spiro atoms. The smallest absolute Gasteiger partial charge is 0.175 e. The van der Waals surface area contributed by atoms with Crippen LogP contribution in [0.5, 0.6) is 0 Å². The minimum Gasteiger partial charge on any atom is -0.175 e. The lowest BCUT2D eigenvalue weighted by atomic mass is 10.3. The fourth-order valence-electron chi connectivity index (χ4n) is 0.607. The van der Waals surface area contributed by atoms with Crippen molar-refractivity contribution >= 4 is 24.0 Å². The Labute approximate surface area is 71.5 Å². The Kier molecular flexibility index (Phi) is 2.49. The van der Waals surface area contributed by atoms with E-state index in [1.54, 1.807) is 0 Å². The maximum atomic E-state index is 11.9. The molecule has 5 heteroatoms. The maximum Gasteiger partial charge on any atom is 0.425 e. The molecule has 0 unspecified atom stereocenters. The molecular weight excluding hydrogens is 193 g/mol. The number of thiol groups is 1. The lowest BCUT2D eigenvalue weighted by Crippen LogP contribution is -2.00. The van der Waals surface area contributed by atoms with Crippen molar-refractivity contribution < 1.29 is 13.2 Å². The zero-order valence-electron chi connectivity index (χ0n) is 5.35. The number of hydrogen-bond acceptors (Lipinski definition) is 2. The summed E-state index contributed by atoms with van der Waals surface area (Å²) >= 11 is 4.57. The maximum absolute atomic E-state index is 11.9. The van der Waals surface area contributed by atoms with Gasteiger partial charge in [-0.3, -0.25) is 0 Å². The van der Waals surface area contributed by atoms with Gasteiger partial charge in [0.15, 0.2) is 0 Å². The summed E-state index contributed by atoms with van der Waals surface area (Å²) in [4.78, 5) is -0.554. The molecule has 0 nitrogen and oxygen atoms in total. The third-order valence-corrected chi connectivity index (χ3v) is 2.50. The highest BCUT2D eigenvalue weighted by atomic mass is 32.1. The Hall–Kier alpha value is -0.160. The van der Waals surface area contributed by atoms with E-state index in [1.807, 2.05) is 0 Å². The van der Waals surface area contributed by atoms with Crippen LogP contribution in [0.1, 0.15) is 10.4 Å². The zero-order valence-corrected chi connectivity index (χ0v) is 7.06. The van der Waals surface area contributed by atoms with Crippen molar-refractivity contribution in [3.8, 4) is 0 Å². The molecule has 1 aromatic heterocycles. The Balaban J connectivity index is 2.89. The van der Waals surface area contributed by atoms with Crippen LogP contribution in [-0.4, -0.2) is 0 Å². The Morgan fingerprint density at radius 3 is 2.36 bits per heavy atom. The second-order valence-electron chi connectivity index (χ2n) is 1.98. The Bertz CT molecular complexity index is 238. The third kappa shape index (κ3) is 2.13. The molecule has 1 heterocycles. The fraction of sp³-hybridized carbons (Fsp3) is 0.333. The van der Waals surface area contributed by atoms with E-state index in [9.17, 15) is 13.2 Å². The molecule has 0 N–H and O–H groups in total. The van der Waals surface area contributed by atoms with Gasteiger partial charge in [0.1, 0.15) is 4.88 Å². The first kappa shape index (κ1) is 8.93.